The minimum atomic E-state index is -0.315. The summed E-state index contributed by atoms with van der Waals surface area (Å²) in [6, 6.07) is 20.2. The Morgan fingerprint density at radius 3 is 2.35 bits per heavy atom. The number of hydrogen-bond donors (Lipinski definition) is 0. The lowest BCUT2D eigenvalue weighted by molar-refractivity contribution is 0.332. The van der Waals surface area contributed by atoms with E-state index in [-0.39, 0.29) is 5.41 Å². The van der Waals surface area contributed by atoms with Gasteiger partial charge in [-0.3, -0.25) is 0 Å². The quantitative estimate of drug-likeness (QED) is 0.388. The fourth-order valence-electron chi connectivity index (χ4n) is 4.09. The van der Waals surface area contributed by atoms with Crippen LogP contribution in [0, 0.1) is 0 Å². The van der Waals surface area contributed by atoms with E-state index in [9.17, 15) is 0 Å². The largest absolute Gasteiger partial charge is 0.236 e. The Balaban J connectivity index is 1.63. The summed E-state index contributed by atoms with van der Waals surface area (Å²) in [5, 5.41) is 14.1. The number of hydrogen-bond acceptors (Lipinski definition) is 4. The zero-order valence-corrected chi connectivity index (χ0v) is 17.8. The standard InChI is InChI=1S/C24H21ClN6/c1-24(17-30-27-13-14-28-30,15-18-5-3-2-4-6-18)22-11-12-26-23-21(16-29-31(22)23)19-7-9-20(25)10-8-19/h2-14,16H,15,17H2,1H3. The van der Waals surface area contributed by atoms with E-state index in [1.807, 2.05) is 53.3 Å². The lowest BCUT2D eigenvalue weighted by Crippen LogP contribution is -2.34. The summed E-state index contributed by atoms with van der Waals surface area (Å²) in [6.45, 7) is 2.84. The van der Waals surface area contributed by atoms with Crippen LogP contribution in [0.5, 0.6) is 0 Å². The predicted molar refractivity (Wildman–Crippen MR) is 121 cm³/mol. The number of benzene rings is 2. The fourth-order valence-corrected chi connectivity index (χ4v) is 4.22. The van der Waals surface area contributed by atoms with Gasteiger partial charge in [-0.2, -0.15) is 20.1 Å². The third-order valence-electron chi connectivity index (χ3n) is 5.57. The lowest BCUT2D eigenvalue weighted by Gasteiger charge is -2.30. The summed E-state index contributed by atoms with van der Waals surface area (Å²) in [5.74, 6) is 0. The first kappa shape index (κ1) is 19.5. The first-order valence-electron chi connectivity index (χ1n) is 10.1. The Hall–Kier alpha value is -3.51. The maximum atomic E-state index is 6.07. The third-order valence-corrected chi connectivity index (χ3v) is 5.82. The number of aromatic nitrogens is 6. The molecule has 5 rings (SSSR count). The maximum absolute atomic E-state index is 6.07. The normalized spacial score (nSPS) is 13.4. The number of halogens is 1. The second kappa shape index (κ2) is 7.96. The molecule has 2 aromatic carbocycles. The van der Waals surface area contributed by atoms with Crippen LogP contribution in [-0.4, -0.2) is 29.6 Å². The van der Waals surface area contributed by atoms with Crippen LogP contribution in [-0.2, 0) is 18.4 Å². The van der Waals surface area contributed by atoms with E-state index in [1.165, 1.54) is 5.56 Å². The van der Waals surface area contributed by atoms with E-state index in [0.29, 0.717) is 11.6 Å². The van der Waals surface area contributed by atoms with Crippen molar-refractivity contribution >= 4 is 17.2 Å². The average molecular weight is 429 g/mol. The lowest BCUT2D eigenvalue weighted by atomic mass is 9.80. The van der Waals surface area contributed by atoms with Crippen LogP contribution in [0.25, 0.3) is 16.8 Å². The predicted octanol–water partition coefficient (Wildman–Crippen LogP) is 4.84. The molecule has 0 radical (unpaired) electrons. The summed E-state index contributed by atoms with van der Waals surface area (Å²) >= 11 is 6.07. The molecule has 5 aromatic rings. The van der Waals surface area contributed by atoms with Gasteiger partial charge >= 0.3 is 0 Å². The molecule has 0 amide bonds. The monoisotopic (exact) mass is 428 g/mol. The molecule has 0 fully saturated rings. The van der Waals surface area contributed by atoms with Crippen molar-refractivity contribution in [2.45, 2.75) is 25.3 Å². The smallest absolute Gasteiger partial charge is 0.163 e. The summed E-state index contributed by atoms with van der Waals surface area (Å²) < 4.78 is 1.94. The highest BCUT2D eigenvalue weighted by Gasteiger charge is 2.32. The minimum Gasteiger partial charge on any atom is -0.236 e. The summed E-state index contributed by atoms with van der Waals surface area (Å²) in [4.78, 5) is 6.38. The third kappa shape index (κ3) is 3.82. The van der Waals surface area contributed by atoms with Gasteiger partial charge in [0.25, 0.3) is 0 Å². The number of nitrogens with zero attached hydrogens (tertiary/aromatic N) is 6. The molecule has 0 bridgehead atoms. The van der Waals surface area contributed by atoms with E-state index in [1.54, 1.807) is 17.2 Å². The molecule has 1 atom stereocenters. The van der Waals surface area contributed by atoms with Crippen LogP contribution in [0.15, 0.2) is 85.5 Å². The molecule has 0 aliphatic heterocycles. The molecule has 31 heavy (non-hydrogen) atoms. The van der Waals surface area contributed by atoms with Crippen molar-refractivity contribution in [3.63, 3.8) is 0 Å². The van der Waals surface area contributed by atoms with E-state index < -0.39 is 0 Å². The van der Waals surface area contributed by atoms with Crippen LogP contribution < -0.4 is 0 Å². The van der Waals surface area contributed by atoms with Gasteiger partial charge in [0.1, 0.15) is 0 Å². The Kier molecular flexibility index (Phi) is 5.00. The van der Waals surface area contributed by atoms with E-state index in [2.05, 4.69) is 46.4 Å². The first-order chi connectivity index (χ1) is 15.1. The van der Waals surface area contributed by atoms with Crippen LogP contribution in [0.3, 0.4) is 0 Å². The van der Waals surface area contributed by atoms with E-state index in [0.717, 1.165) is 28.9 Å². The Morgan fingerprint density at radius 2 is 1.61 bits per heavy atom. The number of fused-ring (bicyclic) bond motifs is 1. The zero-order valence-electron chi connectivity index (χ0n) is 17.1. The van der Waals surface area contributed by atoms with Gasteiger partial charge in [-0.05, 0) is 35.7 Å². The molecule has 0 aliphatic carbocycles. The molecule has 0 saturated carbocycles. The molecule has 0 spiro atoms. The van der Waals surface area contributed by atoms with Gasteiger partial charge in [-0.25, -0.2) is 9.50 Å². The molecule has 3 aromatic heterocycles. The molecule has 154 valence electrons. The molecule has 0 N–H and O–H groups in total. The zero-order chi connectivity index (χ0) is 21.3. The van der Waals surface area contributed by atoms with Crippen molar-refractivity contribution in [3.8, 4) is 11.1 Å². The highest BCUT2D eigenvalue weighted by atomic mass is 35.5. The highest BCUT2D eigenvalue weighted by molar-refractivity contribution is 6.30. The number of rotatable bonds is 6. The molecule has 1 unspecified atom stereocenters. The van der Waals surface area contributed by atoms with Crippen LogP contribution in [0.1, 0.15) is 18.2 Å². The fraction of sp³-hybridized carbons (Fsp3) is 0.167. The second-order valence-corrected chi connectivity index (χ2v) is 8.35. The highest BCUT2D eigenvalue weighted by Crippen LogP contribution is 2.32. The van der Waals surface area contributed by atoms with Crippen molar-refractivity contribution in [2.24, 2.45) is 0 Å². The SMILES string of the molecule is CC(Cc1ccccc1)(Cn1nccn1)c1ccnc2c(-c3ccc(Cl)cc3)cnn12. The summed E-state index contributed by atoms with van der Waals surface area (Å²) in [7, 11) is 0. The summed E-state index contributed by atoms with van der Waals surface area (Å²) in [6.07, 6.45) is 7.94. The van der Waals surface area contributed by atoms with Crippen LogP contribution in [0.2, 0.25) is 5.02 Å². The Labute approximate surface area is 185 Å². The maximum Gasteiger partial charge on any atom is 0.163 e. The van der Waals surface area contributed by atoms with Crippen molar-refractivity contribution in [1.82, 2.24) is 29.6 Å². The van der Waals surface area contributed by atoms with E-state index >= 15 is 0 Å². The van der Waals surface area contributed by atoms with Gasteiger partial charge in [0.05, 0.1) is 30.8 Å². The molecule has 0 saturated heterocycles. The molecule has 6 nitrogen and oxygen atoms in total. The van der Waals surface area contributed by atoms with Gasteiger partial charge in [0, 0.05) is 22.2 Å². The van der Waals surface area contributed by atoms with Crippen molar-refractivity contribution in [2.75, 3.05) is 0 Å². The molecule has 7 heteroatoms. The van der Waals surface area contributed by atoms with Gasteiger partial charge in [0.15, 0.2) is 5.65 Å². The van der Waals surface area contributed by atoms with Gasteiger partial charge in [-0.1, -0.05) is 61.0 Å². The molecular weight excluding hydrogens is 408 g/mol. The van der Waals surface area contributed by atoms with E-state index in [4.69, 9.17) is 16.7 Å². The first-order valence-corrected chi connectivity index (χ1v) is 10.5. The van der Waals surface area contributed by atoms with Gasteiger partial charge < -0.3 is 0 Å². The average Bonchev–Trinajstić information content (AvgIpc) is 3.44. The van der Waals surface area contributed by atoms with Crippen molar-refractivity contribution < 1.29 is 0 Å². The molecule has 3 heterocycles. The molecular formula is C24H21ClN6. The topological polar surface area (TPSA) is 60.9 Å². The van der Waals surface area contributed by atoms with Crippen LogP contribution in [0.4, 0.5) is 0 Å². The Bertz CT molecular complexity index is 1300. The second-order valence-electron chi connectivity index (χ2n) is 7.91. The molecule has 0 aliphatic rings. The van der Waals surface area contributed by atoms with Crippen LogP contribution >= 0.6 is 11.6 Å². The van der Waals surface area contributed by atoms with Gasteiger partial charge in [0.2, 0.25) is 0 Å². The van der Waals surface area contributed by atoms with Crippen molar-refractivity contribution in [1.29, 1.82) is 0 Å². The minimum absolute atomic E-state index is 0.315. The van der Waals surface area contributed by atoms with Crippen molar-refractivity contribution in [3.05, 3.63) is 102 Å². The van der Waals surface area contributed by atoms with Gasteiger partial charge in [-0.15, -0.1) is 0 Å². The summed E-state index contributed by atoms with van der Waals surface area (Å²) in [5.41, 5.74) is 4.80. The Morgan fingerprint density at radius 1 is 0.871 bits per heavy atom.